The molecule has 0 amide bonds. The highest BCUT2D eigenvalue weighted by Gasteiger charge is 2.41. The van der Waals surface area contributed by atoms with Crippen molar-refractivity contribution in [1.82, 2.24) is 19.6 Å². The van der Waals surface area contributed by atoms with Gasteiger partial charge in [-0.3, -0.25) is 4.98 Å². The summed E-state index contributed by atoms with van der Waals surface area (Å²) in [4.78, 5) is 9.01. The Kier molecular flexibility index (Phi) is 2.70. The number of benzene rings is 1. The van der Waals surface area contributed by atoms with Gasteiger partial charge in [0.2, 0.25) is 0 Å². The van der Waals surface area contributed by atoms with Gasteiger partial charge in [-0.1, -0.05) is 29.8 Å². The maximum Gasteiger partial charge on any atom is 0.157 e. The second-order valence-corrected chi connectivity index (χ2v) is 6.42. The predicted molar refractivity (Wildman–Crippen MR) is 89.8 cm³/mol. The smallest absolute Gasteiger partial charge is 0.157 e. The van der Waals surface area contributed by atoms with Gasteiger partial charge in [0.15, 0.2) is 5.65 Å². The first-order chi connectivity index (χ1) is 11.3. The van der Waals surface area contributed by atoms with Crippen LogP contribution in [0.5, 0.6) is 0 Å². The van der Waals surface area contributed by atoms with Crippen molar-refractivity contribution in [3.63, 3.8) is 0 Å². The fraction of sp³-hybridized carbons (Fsp3) is 0.167. The predicted octanol–water partition coefficient (Wildman–Crippen LogP) is 4.20. The molecule has 1 aliphatic rings. The summed E-state index contributed by atoms with van der Waals surface area (Å²) in [6.07, 6.45) is 6.69. The van der Waals surface area contributed by atoms with Crippen LogP contribution in [0.15, 0.2) is 55.0 Å². The molecule has 3 heterocycles. The third-order valence-electron chi connectivity index (χ3n) is 4.59. The van der Waals surface area contributed by atoms with Crippen molar-refractivity contribution < 1.29 is 0 Å². The molecule has 0 spiro atoms. The molecule has 0 saturated heterocycles. The zero-order chi connectivity index (χ0) is 15.4. The van der Waals surface area contributed by atoms with Crippen LogP contribution in [0, 0.1) is 0 Å². The minimum atomic E-state index is 0.434. The monoisotopic (exact) mass is 320 g/mol. The molecule has 5 heteroatoms. The van der Waals surface area contributed by atoms with E-state index in [0.29, 0.717) is 17.0 Å². The fourth-order valence-corrected chi connectivity index (χ4v) is 3.58. The number of fused-ring (bicyclic) bond motifs is 2. The van der Waals surface area contributed by atoms with Gasteiger partial charge in [0.1, 0.15) is 5.15 Å². The number of hydrogen-bond donors (Lipinski definition) is 0. The Bertz CT molecular complexity index is 1040. The molecule has 2 atom stereocenters. The van der Waals surface area contributed by atoms with E-state index >= 15 is 0 Å². The van der Waals surface area contributed by atoms with Gasteiger partial charge in [0, 0.05) is 29.5 Å². The quantitative estimate of drug-likeness (QED) is 0.556. The van der Waals surface area contributed by atoms with Crippen molar-refractivity contribution in [2.45, 2.75) is 18.3 Å². The second kappa shape index (κ2) is 4.77. The highest BCUT2D eigenvalue weighted by atomic mass is 35.5. The van der Waals surface area contributed by atoms with Crippen LogP contribution in [0.25, 0.3) is 16.6 Å². The van der Waals surface area contributed by atoms with E-state index in [9.17, 15) is 0 Å². The fourth-order valence-electron chi connectivity index (χ4n) is 3.38. The molecule has 0 N–H and O–H groups in total. The van der Waals surface area contributed by atoms with Crippen LogP contribution in [-0.4, -0.2) is 19.6 Å². The van der Waals surface area contributed by atoms with E-state index in [1.807, 2.05) is 30.6 Å². The van der Waals surface area contributed by atoms with Gasteiger partial charge in [0.25, 0.3) is 0 Å². The second-order valence-electron chi connectivity index (χ2n) is 6.03. The van der Waals surface area contributed by atoms with E-state index in [-0.39, 0.29) is 0 Å². The van der Waals surface area contributed by atoms with Gasteiger partial charge in [-0.05, 0) is 42.0 Å². The zero-order valence-electron chi connectivity index (χ0n) is 12.2. The lowest BCUT2D eigenvalue weighted by atomic mass is 10.1. The number of halogens is 1. The molecule has 3 aromatic heterocycles. The third kappa shape index (κ3) is 2.10. The summed E-state index contributed by atoms with van der Waals surface area (Å²) in [5.74, 6) is 0.912. The number of nitrogens with zero attached hydrogens (tertiary/aromatic N) is 4. The largest absolute Gasteiger partial charge is 0.256 e. The number of hydrogen-bond acceptors (Lipinski definition) is 3. The Labute approximate surface area is 137 Å². The Hall–Kier alpha value is -2.46. The SMILES string of the molecule is Clc1cc(C2CC2c2cnc3ccccc3c2)c2nccn2n1. The molecule has 4 aromatic rings. The number of rotatable bonds is 2. The van der Waals surface area contributed by atoms with Gasteiger partial charge in [-0.2, -0.15) is 5.10 Å². The Morgan fingerprint density at radius 3 is 2.96 bits per heavy atom. The van der Waals surface area contributed by atoms with Crippen LogP contribution in [0.1, 0.15) is 29.4 Å². The lowest BCUT2D eigenvalue weighted by Crippen LogP contribution is -1.96. The lowest BCUT2D eigenvalue weighted by molar-refractivity contribution is 0.905. The molecule has 112 valence electrons. The Morgan fingerprint density at radius 1 is 1.09 bits per heavy atom. The maximum absolute atomic E-state index is 6.15. The molecule has 1 aromatic carbocycles. The van der Waals surface area contributed by atoms with Gasteiger partial charge in [-0.25, -0.2) is 9.50 Å². The summed E-state index contributed by atoms with van der Waals surface area (Å²) in [5.41, 5.74) is 4.39. The average molecular weight is 321 g/mol. The summed E-state index contributed by atoms with van der Waals surface area (Å²) >= 11 is 6.15. The van der Waals surface area contributed by atoms with E-state index in [0.717, 1.165) is 17.6 Å². The molecule has 4 nitrogen and oxygen atoms in total. The molecule has 2 unspecified atom stereocenters. The number of aromatic nitrogens is 4. The van der Waals surface area contributed by atoms with E-state index in [1.54, 1.807) is 10.7 Å². The summed E-state index contributed by atoms with van der Waals surface area (Å²) < 4.78 is 1.76. The minimum absolute atomic E-state index is 0.434. The Morgan fingerprint density at radius 2 is 2.00 bits per heavy atom. The molecule has 5 rings (SSSR count). The van der Waals surface area contributed by atoms with Crippen molar-refractivity contribution in [2.24, 2.45) is 0 Å². The van der Waals surface area contributed by atoms with Crippen molar-refractivity contribution in [1.29, 1.82) is 0 Å². The topological polar surface area (TPSA) is 43.1 Å². The van der Waals surface area contributed by atoms with Crippen molar-refractivity contribution in [2.75, 3.05) is 0 Å². The molecule has 1 saturated carbocycles. The highest BCUT2D eigenvalue weighted by Crippen LogP contribution is 2.55. The van der Waals surface area contributed by atoms with Crippen LogP contribution in [-0.2, 0) is 0 Å². The van der Waals surface area contributed by atoms with E-state index < -0.39 is 0 Å². The third-order valence-corrected chi connectivity index (χ3v) is 4.77. The van der Waals surface area contributed by atoms with Crippen LogP contribution in [0.2, 0.25) is 5.15 Å². The number of imidazole rings is 1. The molecule has 23 heavy (non-hydrogen) atoms. The zero-order valence-corrected chi connectivity index (χ0v) is 13.0. The van der Waals surface area contributed by atoms with E-state index in [1.165, 1.54) is 16.5 Å². The van der Waals surface area contributed by atoms with Gasteiger partial charge in [-0.15, -0.1) is 0 Å². The first-order valence-electron chi connectivity index (χ1n) is 7.64. The van der Waals surface area contributed by atoms with Crippen LogP contribution < -0.4 is 0 Å². The lowest BCUT2D eigenvalue weighted by Gasteiger charge is -2.05. The van der Waals surface area contributed by atoms with Crippen LogP contribution in [0.3, 0.4) is 0 Å². The molecule has 0 radical (unpaired) electrons. The molecule has 1 aliphatic carbocycles. The maximum atomic E-state index is 6.15. The Balaban J connectivity index is 1.55. The average Bonchev–Trinajstić information content (AvgIpc) is 3.23. The van der Waals surface area contributed by atoms with E-state index in [4.69, 9.17) is 11.6 Å². The summed E-state index contributed by atoms with van der Waals surface area (Å²) in [6.45, 7) is 0. The van der Waals surface area contributed by atoms with Crippen LogP contribution in [0.4, 0.5) is 0 Å². The van der Waals surface area contributed by atoms with Crippen molar-refractivity contribution in [3.8, 4) is 0 Å². The van der Waals surface area contributed by atoms with Gasteiger partial charge in [0.05, 0.1) is 5.52 Å². The van der Waals surface area contributed by atoms with Gasteiger partial charge < -0.3 is 0 Å². The first-order valence-corrected chi connectivity index (χ1v) is 8.02. The summed E-state index contributed by atoms with van der Waals surface area (Å²) in [6, 6.07) is 12.4. The van der Waals surface area contributed by atoms with Crippen molar-refractivity contribution >= 4 is 28.2 Å². The molecule has 0 bridgehead atoms. The summed E-state index contributed by atoms with van der Waals surface area (Å²) in [7, 11) is 0. The normalized spacial score (nSPS) is 20.2. The molecule has 0 aliphatic heterocycles. The number of pyridine rings is 1. The van der Waals surface area contributed by atoms with Crippen LogP contribution >= 0.6 is 11.6 Å². The standard InChI is InChI=1S/C18H13ClN4/c19-17-9-15(18-20-5-6-23(18)22-17)14-8-13(14)12-7-11-3-1-2-4-16(11)21-10-12/h1-7,9-10,13-14H,8H2. The van der Waals surface area contributed by atoms with Gasteiger partial charge >= 0.3 is 0 Å². The first kappa shape index (κ1) is 13.0. The minimum Gasteiger partial charge on any atom is -0.256 e. The van der Waals surface area contributed by atoms with Crippen molar-refractivity contribution in [3.05, 3.63) is 71.3 Å². The molecular weight excluding hydrogens is 308 g/mol. The summed E-state index contributed by atoms with van der Waals surface area (Å²) in [5, 5.41) is 5.95. The van der Waals surface area contributed by atoms with E-state index in [2.05, 4.69) is 33.3 Å². The highest BCUT2D eigenvalue weighted by molar-refractivity contribution is 6.29. The molecule has 1 fully saturated rings. The number of para-hydroxylation sites is 1. The molecular formula is C18H13ClN4.